The molecule has 16 heavy (non-hydrogen) atoms. The minimum atomic E-state index is 0.0891. The Morgan fingerprint density at radius 1 is 1.19 bits per heavy atom. The lowest BCUT2D eigenvalue weighted by Gasteiger charge is -2.32. The van der Waals surface area contributed by atoms with Crippen molar-refractivity contribution in [3.8, 4) is 0 Å². The first-order valence-electron chi connectivity index (χ1n) is 6.21. The molecule has 3 heteroatoms. The smallest absolute Gasteiger partial charge is 0.234 e. The number of carbonyl (C=O) groups excluding carboxylic acids is 1. The molecule has 3 nitrogen and oxygen atoms in total. The van der Waals surface area contributed by atoms with Gasteiger partial charge in [0.15, 0.2) is 0 Å². The molecule has 0 fully saturated rings. The Balaban J connectivity index is 4.27. The van der Waals surface area contributed by atoms with Crippen LogP contribution in [0.5, 0.6) is 0 Å². The van der Waals surface area contributed by atoms with Crippen LogP contribution in [0.15, 0.2) is 0 Å². The Labute approximate surface area is 100 Å². The first-order chi connectivity index (χ1) is 7.27. The van der Waals surface area contributed by atoms with E-state index in [9.17, 15) is 4.79 Å². The van der Waals surface area contributed by atoms with Gasteiger partial charge >= 0.3 is 0 Å². The SMILES string of the molecule is CNCC(=O)NC(CCC(C)C)C(C)(C)C. The van der Waals surface area contributed by atoms with Crippen LogP contribution in [-0.4, -0.2) is 25.5 Å². The maximum absolute atomic E-state index is 11.6. The molecule has 2 N–H and O–H groups in total. The van der Waals surface area contributed by atoms with Crippen molar-refractivity contribution in [2.45, 2.75) is 53.5 Å². The predicted octanol–water partition coefficient (Wildman–Crippen LogP) is 2.17. The number of nitrogens with one attached hydrogen (secondary N) is 2. The zero-order valence-corrected chi connectivity index (χ0v) is 11.7. The molecular formula is C13H28N2O. The van der Waals surface area contributed by atoms with Crippen molar-refractivity contribution in [3.63, 3.8) is 0 Å². The Morgan fingerprint density at radius 3 is 2.12 bits per heavy atom. The highest BCUT2D eigenvalue weighted by atomic mass is 16.1. The highest BCUT2D eigenvalue weighted by Crippen LogP contribution is 2.24. The van der Waals surface area contributed by atoms with Crippen LogP contribution in [0, 0.1) is 11.3 Å². The topological polar surface area (TPSA) is 41.1 Å². The third-order valence-electron chi connectivity index (χ3n) is 2.75. The maximum Gasteiger partial charge on any atom is 0.234 e. The molecule has 1 unspecified atom stereocenters. The average molecular weight is 228 g/mol. The molecular weight excluding hydrogens is 200 g/mol. The lowest BCUT2D eigenvalue weighted by atomic mass is 9.83. The molecule has 0 saturated carbocycles. The maximum atomic E-state index is 11.6. The lowest BCUT2D eigenvalue weighted by Crippen LogP contribution is -2.46. The van der Waals surface area contributed by atoms with Crippen molar-refractivity contribution in [1.82, 2.24) is 10.6 Å². The van der Waals surface area contributed by atoms with Crippen LogP contribution >= 0.6 is 0 Å². The fourth-order valence-corrected chi connectivity index (χ4v) is 1.63. The fourth-order valence-electron chi connectivity index (χ4n) is 1.63. The second-order valence-corrected chi connectivity index (χ2v) is 5.99. The Hall–Kier alpha value is -0.570. The second kappa shape index (κ2) is 6.89. The summed E-state index contributed by atoms with van der Waals surface area (Å²) in [5.74, 6) is 0.775. The molecule has 0 spiro atoms. The van der Waals surface area contributed by atoms with Gasteiger partial charge in [-0.2, -0.15) is 0 Å². The van der Waals surface area contributed by atoms with E-state index < -0.39 is 0 Å². The highest BCUT2D eigenvalue weighted by molar-refractivity contribution is 5.78. The average Bonchev–Trinajstić information content (AvgIpc) is 2.10. The molecule has 96 valence electrons. The molecule has 0 rings (SSSR count). The standard InChI is InChI=1S/C13H28N2O/c1-10(2)7-8-11(13(3,4)5)15-12(16)9-14-6/h10-11,14H,7-9H2,1-6H3,(H,15,16). The molecule has 0 aliphatic heterocycles. The van der Waals surface area contributed by atoms with E-state index in [1.807, 2.05) is 0 Å². The largest absolute Gasteiger partial charge is 0.352 e. The Bertz CT molecular complexity index is 206. The summed E-state index contributed by atoms with van der Waals surface area (Å²) in [5.41, 5.74) is 0.123. The zero-order valence-electron chi connectivity index (χ0n) is 11.7. The van der Waals surface area contributed by atoms with E-state index in [0.717, 1.165) is 12.8 Å². The first kappa shape index (κ1) is 15.4. The number of likely N-dealkylation sites (N-methyl/N-ethyl adjacent to an activating group) is 1. The van der Waals surface area contributed by atoms with E-state index in [4.69, 9.17) is 0 Å². The molecule has 0 radical (unpaired) electrons. The summed E-state index contributed by atoms with van der Waals surface area (Å²) < 4.78 is 0. The van der Waals surface area contributed by atoms with Crippen LogP contribution in [0.1, 0.15) is 47.5 Å². The fraction of sp³-hybridized carbons (Fsp3) is 0.923. The van der Waals surface area contributed by atoms with Crippen molar-refractivity contribution in [2.75, 3.05) is 13.6 Å². The van der Waals surface area contributed by atoms with Gasteiger partial charge in [-0.3, -0.25) is 4.79 Å². The van der Waals surface area contributed by atoms with Gasteiger partial charge in [0.1, 0.15) is 0 Å². The van der Waals surface area contributed by atoms with Gasteiger partial charge in [-0.1, -0.05) is 34.6 Å². The Kier molecular flexibility index (Phi) is 6.65. The normalized spacial score (nSPS) is 13.9. The van der Waals surface area contributed by atoms with Crippen LogP contribution in [-0.2, 0) is 4.79 Å². The first-order valence-corrected chi connectivity index (χ1v) is 6.21. The summed E-state index contributed by atoms with van der Waals surface area (Å²) in [6, 6.07) is 0.260. The van der Waals surface area contributed by atoms with Crippen molar-refractivity contribution < 1.29 is 4.79 Å². The second-order valence-electron chi connectivity index (χ2n) is 5.99. The molecule has 0 bridgehead atoms. The number of hydrogen-bond acceptors (Lipinski definition) is 2. The molecule has 0 saturated heterocycles. The van der Waals surface area contributed by atoms with Gasteiger partial charge in [0.05, 0.1) is 6.54 Å². The van der Waals surface area contributed by atoms with Crippen molar-refractivity contribution in [2.24, 2.45) is 11.3 Å². The molecule has 0 aliphatic carbocycles. The molecule has 0 aromatic heterocycles. The van der Waals surface area contributed by atoms with Gasteiger partial charge in [0.25, 0.3) is 0 Å². The van der Waals surface area contributed by atoms with Gasteiger partial charge in [-0.05, 0) is 31.2 Å². The van der Waals surface area contributed by atoms with Crippen LogP contribution in [0.25, 0.3) is 0 Å². The number of carbonyl (C=O) groups is 1. The van der Waals surface area contributed by atoms with E-state index >= 15 is 0 Å². The van der Waals surface area contributed by atoms with Gasteiger partial charge in [-0.15, -0.1) is 0 Å². The minimum absolute atomic E-state index is 0.0891. The van der Waals surface area contributed by atoms with E-state index in [2.05, 4.69) is 45.3 Å². The number of rotatable bonds is 6. The van der Waals surface area contributed by atoms with Crippen LogP contribution in [0.2, 0.25) is 0 Å². The Morgan fingerprint density at radius 2 is 1.75 bits per heavy atom. The van der Waals surface area contributed by atoms with Crippen molar-refractivity contribution >= 4 is 5.91 Å². The summed E-state index contributed by atoms with van der Waals surface area (Å²) in [5, 5.41) is 5.99. The molecule has 0 aliphatic rings. The molecule has 1 amide bonds. The summed E-state index contributed by atoms with van der Waals surface area (Å²) >= 11 is 0. The van der Waals surface area contributed by atoms with Crippen molar-refractivity contribution in [3.05, 3.63) is 0 Å². The molecule has 0 heterocycles. The summed E-state index contributed by atoms with van der Waals surface area (Å²) in [4.78, 5) is 11.6. The number of hydrogen-bond donors (Lipinski definition) is 2. The van der Waals surface area contributed by atoms with E-state index in [0.29, 0.717) is 12.5 Å². The summed E-state index contributed by atoms with van der Waals surface area (Å²) in [7, 11) is 1.79. The summed E-state index contributed by atoms with van der Waals surface area (Å²) in [6.07, 6.45) is 2.21. The monoisotopic (exact) mass is 228 g/mol. The van der Waals surface area contributed by atoms with Gasteiger partial charge < -0.3 is 10.6 Å². The predicted molar refractivity (Wildman–Crippen MR) is 69.4 cm³/mol. The van der Waals surface area contributed by atoms with Crippen molar-refractivity contribution in [1.29, 1.82) is 0 Å². The molecule has 0 aromatic carbocycles. The van der Waals surface area contributed by atoms with E-state index in [-0.39, 0.29) is 17.4 Å². The van der Waals surface area contributed by atoms with Crippen LogP contribution in [0.3, 0.4) is 0 Å². The third kappa shape index (κ3) is 6.83. The zero-order chi connectivity index (χ0) is 12.8. The van der Waals surface area contributed by atoms with Gasteiger partial charge in [-0.25, -0.2) is 0 Å². The highest BCUT2D eigenvalue weighted by Gasteiger charge is 2.25. The molecule has 1 atom stereocenters. The third-order valence-corrected chi connectivity index (χ3v) is 2.75. The van der Waals surface area contributed by atoms with E-state index in [1.165, 1.54) is 0 Å². The number of amides is 1. The quantitative estimate of drug-likeness (QED) is 0.731. The van der Waals surface area contributed by atoms with E-state index in [1.54, 1.807) is 7.05 Å². The van der Waals surface area contributed by atoms with Crippen LogP contribution in [0.4, 0.5) is 0 Å². The minimum Gasteiger partial charge on any atom is -0.352 e. The van der Waals surface area contributed by atoms with Gasteiger partial charge in [0.2, 0.25) is 5.91 Å². The lowest BCUT2D eigenvalue weighted by molar-refractivity contribution is -0.121. The van der Waals surface area contributed by atoms with Gasteiger partial charge in [0, 0.05) is 6.04 Å². The molecule has 0 aromatic rings. The van der Waals surface area contributed by atoms with Crippen LogP contribution < -0.4 is 10.6 Å². The summed E-state index contributed by atoms with van der Waals surface area (Å²) in [6.45, 7) is 11.4.